The van der Waals surface area contributed by atoms with Gasteiger partial charge in [0.15, 0.2) is 11.6 Å². The molecule has 0 fully saturated rings. The van der Waals surface area contributed by atoms with Crippen LogP contribution in [0.2, 0.25) is 0 Å². The van der Waals surface area contributed by atoms with Crippen LogP contribution < -0.4 is 10.3 Å². The highest BCUT2D eigenvalue weighted by Gasteiger charge is 2.16. The summed E-state index contributed by atoms with van der Waals surface area (Å²) < 4.78 is 51.5. The van der Waals surface area contributed by atoms with Gasteiger partial charge in [-0.3, -0.25) is 9.00 Å². The summed E-state index contributed by atoms with van der Waals surface area (Å²) in [5.74, 6) is -2.25. The smallest absolute Gasteiger partial charge is 0.249 e. The molecule has 132 valence electrons. The minimum absolute atomic E-state index is 0. The lowest BCUT2D eigenvalue weighted by atomic mass is 10.0. The summed E-state index contributed by atoms with van der Waals surface area (Å²) in [6, 6.07) is 6.89. The molecule has 0 amide bonds. The molecule has 2 N–H and O–H groups in total. The van der Waals surface area contributed by atoms with Gasteiger partial charge in [0.1, 0.15) is 5.65 Å². The third-order valence-corrected chi connectivity index (χ3v) is 3.85. The van der Waals surface area contributed by atoms with E-state index < -0.39 is 22.9 Å². The molecule has 0 saturated heterocycles. The van der Waals surface area contributed by atoms with E-state index in [1.165, 1.54) is 36.5 Å². The number of H-pyrrole nitrogens is 1. The van der Waals surface area contributed by atoms with Crippen molar-refractivity contribution in [3.05, 3.63) is 64.1 Å². The summed E-state index contributed by atoms with van der Waals surface area (Å²) in [5.41, 5.74) is 0.129. The molecule has 0 aliphatic carbocycles. The first-order valence-corrected chi connectivity index (χ1v) is 7.83. The molecule has 2 aromatic heterocycles. The van der Waals surface area contributed by atoms with Crippen LogP contribution in [-0.2, 0) is 17.8 Å². The Morgan fingerprint density at radius 3 is 2.60 bits per heavy atom. The Labute approximate surface area is 149 Å². The van der Waals surface area contributed by atoms with Crippen LogP contribution in [0.25, 0.3) is 22.2 Å². The first kappa shape index (κ1) is 19.1. The zero-order valence-corrected chi connectivity index (χ0v) is 14.0. The fraction of sp³-hybridized carbons (Fsp3) is 0.0667. The number of pyridine rings is 2. The minimum atomic E-state index is -2.57. The normalized spacial score (nSPS) is 12.0. The SMILES string of the molecule is Cl.O=c1ccc2c(-c3ccc(CNS(=O)[O-])c(F)c3F)ccnc2[nH]1. The summed E-state index contributed by atoms with van der Waals surface area (Å²) in [6.07, 6.45) is 1.38. The van der Waals surface area contributed by atoms with E-state index in [0.717, 1.165) is 0 Å². The van der Waals surface area contributed by atoms with E-state index in [1.54, 1.807) is 0 Å². The second-order valence-corrected chi connectivity index (χ2v) is 5.66. The maximum atomic E-state index is 14.4. The number of halogens is 3. The number of fused-ring (bicyclic) bond motifs is 1. The lowest BCUT2D eigenvalue weighted by Crippen LogP contribution is -2.17. The fourth-order valence-corrected chi connectivity index (χ4v) is 2.64. The van der Waals surface area contributed by atoms with E-state index >= 15 is 0 Å². The van der Waals surface area contributed by atoms with Crippen molar-refractivity contribution in [1.82, 2.24) is 14.7 Å². The lowest BCUT2D eigenvalue weighted by molar-refractivity contribution is 0.495. The lowest BCUT2D eigenvalue weighted by Gasteiger charge is -2.12. The van der Waals surface area contributed by atoms with Crippen LogP contribution >= 0.6 is 12.4 Å². The number of benzene rings is 1. The van der Waals surface area contributed by atoms with Crippen LogP contribution in [0.1, 0.15) is 5.56 Å². The van der Waals surface area contributed by atoms with E-state index in [4.69, 9.17) is 0 Å². The van der Waals surface area contributed by atoms with Crippen molar-refractivity contribution in [2.75, 3.05) is 0 Å². The number of hydrogen-bond donors (Lipinski definition) is 2. The average molecular weight is 387 g/mol. The topological polar surface area (TPSA) is 97.9 Å². The highest BCUT2D eigenvalue weighted by molar-refractivity contribution is 7.77. The molecule has 0 spiro atoms. The van der Waals surface area contributed by atoms with Gasteiger partial charge in [-0.15, -0.1) is 12.4 Å². The molecule has 0 aliphatic rings. The number of rotatable bonds is 4. The van der Waals surface area contributed by atoms with Crippen molar-refractivity contribution in [3.8, 4) is 11.1 Å². The molecular formula is C15H11ClF2N3O3S-. The van der Waals surface area contributed by atoms with Crippen molar-refractivity contribution in [2.24, 2.45) is 0 Å². The van der Waals surface area contributed by atoms with Crippen molar-refractivity contribution < 1.29 is 17.5 Å². The molecule has 6 nitrogen and oxygen atoms in total. The van der Waals surface area contributed by atoms with Crippen LogP contribution in [-0.4, -0.2) is 18.7 Å². The van der Waals surface area contributed by atoms with Crippen molar-refractivity contribution in [2.45, 2.75) is 6.54 Å². The number of nitrogens with one attached hydrogen (secondary N) is 2. The molecule has 0 saturated carbocycles. The molecule has 0 bridgehead atoms. The molecule has 3 aromatic rings. The number of aromatic nitrogens is 2. The van der Waals surface area contributed by atoms with Gasteiger partial charge >= 0.3 is 0 Å². The van der Waals surface area contributed by atoms with Crippen LogP contribution in [0.5, 0.6) is 0 Å². The van der Waals surface area contributed by atoms with Gasteiger partial charge in [0, 0.05) is 46.6 Å². The monoisotopic (exact) mass is 386 g/mol. The van der Waals surface area contributed by atoms with Gasteiger partial charge in [0.2, 0.25) is 5.56 Å². The first-order valence-electron chi connectivity index (χ1n) is 6.75. The second-order valence-electron chi connectivity index (χ2n) is 4.90. The van der Waals surface area contributed by atoms with Gasteiger partial charge in [0.25, 0.3) is 0 Å². The van der Waals surface area contributed by atoms with Gasteiger partial charge in [0.05, 0.1) is 0 Å². The van der Waals surface area contributed by atoms with E-state index in [1.807, 2.05) is 4.72 Å². The zero-order valence-electron chi connectivity index (χ0n) is 12.4. The Morgan fingerprint density at radius 2 is 1.88 bits per heavy atom. The molecular weight excluding hydrogens is 376 g/mol. The molecule has 25 heavy (non-hydrogen) atoms. The molecule has 1 aromatic carbocycles. The van der Waals surface area contributed by atoms with Crippen molar-refractivity contribution >= 4 is 34.7 Å². The molecule has 1 unspecified atom stereocenters. The third kappa shape index (κ3) is 3.90. The predicted molar refractivity (Wildman–Crippen MR) is 90.7 cm³/mol. The highest BCUT2D eigenvalue weighted by Crippen LogP contribution is 2.30. The number of aromatic amines is 1. The summed E-state index contributed by atoms with van der Waals surface area (Å²) in [6.45, 7) is -0.358. The van der Waals surface area contributed by atoms with E-state index in [0.29, 0.717) is 10.9 Å². The quantitative estimate of drug-likeness (QED) is 0.671. The molecule has 2 heterocycles. The van der Waals surface area contributed by atoms with Crippen molar-refractivity contribution in [1.29, 1.82) is 0 Å². The number of hydrogen-bond acceptors (Lipinski definition) is 4. The van der Waals surface area contributed by atoms with Crippen molar-refractivity contribution in [3.63, 3.8) is 0 Å². The van der Waals surface area contributed by atoms with Gasteiger partial charge < -0.3 is 9.54 Å². The number of nitrogens with zero attached hydrogens (tertiary/aromatic N) is 1. The average Bonchev–Trinajstić information content (AvgIpc) is 2.55. The standard InChI is InChI=1S/C15H11F2N3O3S.ClH/c16-13-8(7-19-24(22)23)1-2-10(14(13)17)9-5-6-18-15-11(9)3-4-12(21)20-15;/h1-6,19H,7H2,(H,22,23)(H,18,20,21);1H/p-1. The third-order valence-electron chi connectivity index (χ3n) is 3.47. The Morgan fingerprint density at radius 1 is 1.12 bits per heavy atom. The summed E-state index contributed by atoms with van der Waals surface area (Å²) in [5, 5.41) is 0.460. The molecule has 3 rings (SSSR count). The summed E-state index contributed by atoms with van der Waals surface area (Å²) in [4.78, 5) is 17.8. The van der Waals surface area contributed by atoms with E-state index in [2.05, 4.69) is 9.97 Å². The maximum Gasteiger partial charge on any atom is 0.249 e. The van der Waals surface area contributed by atoms with Gasteiger partial charge in [-0.25, -0.2) is 18.5 Å². The fourth-order valence-electron chi connectivity index (χ4n) is 2.36. The van der Waals surface area contributed by atoms with E-state index in [-0.39, 0.29) is 41.3 Å². The maximum absolute atomic E-state index is 14.4. The van der Waals surface area contributed by atoms with Crippen LogP contribution in [0.3, 0.4) is 0 Å². The Kier molecular flexibility index (Phi) is 5.96. The van der Waals surface area contributed by atoms with Crippen LogP contribution in [0.4, 0.5) is 8.78 Å². The largest absolute Gasteiger partial charge is 0.760 e. The van der Waals surface area contributed by atoms with Gasteiger partial charge in [-0.05, 0) is 17.7 Å². The Balaban J connectivity index is 0.00000225. The minimum Gasteiger partial charge on any atom is -0.760 e. The zero-order chi connectivity index (χ0) is 17.3. The molecule has 10 heteroatoms. The molecule has 1 atom stereocenters. The van der Waals surface area contributed by atoms with Gasteiger partial charge in [-0.1, -0.05) is 12.1 Å². The van der Waals surface area contributed by atoms with Gasteiger partial charge in [-0.2, -0.15) is 0 Å². The summed E-state index contributed by atoms with van der Waals surface area (Å²) in [7, 11) is 0. The second kappa shape index (κ2) is 7.79. The highest BCUT2D eigenvalue weighted by atomic mass is 35.5. The first-order chi connectivity index (χ1) is 11.5. The Bertz CT molecular complexity index is 1010. The molecule has 0 aliphatic heterocycles. The predicted octanol–water partition coefficient (Wildman–Crippen LogP) is 2.17. The van der Waals surface area contributed by atoms with Crippen LogP contribution in [0.15, 0.2) is 41.3 Å². The Hall–Kier alpha value is -2.20. The van der Waals surface area contributed by atoms with Crippen LogP contribution in [0, 0.1) is 11.6 Å². The molecule has 0 radical (unpaired) electrons. The van der Waals surface area contributed by atoms with E-state index in [9.17, 15) is 22.3 Å². The summed E-state index contributed by atoms with van der Waals surface area (Å²) >= 11 is -2.57.